The van der Waals surface area contributed by atoms with Gasteiger partial charge in [0, 0.05) is 30.9 Å². The topological polar surface area (TPSA) is 73.3 Å². The van der Waals surface area contributed by atoms with Crippen LogP contribution in [0, 0.1) is 11.3 Å². The third-order valence-corrected chi connectivity index (χ3v) is 3.42. The maximum Gasteiger partial charge on any atom is 0.122 e. The summed E-state index contributed by atoms with van der Waals surface area (Å²) in [6.45, 7) is 2.28. The van der Waals surface area contributed by atoms with Crippen molar-refractivity contribution in [3.63, 3.8) is 0 Å². The van der Waals surface area contributed by atoms with Crippen molar-refractivity contribution in [3.05, 3.63) is 29.8 Å². The number of amidine groups is 1. The number of piperidine rings is 1. The highest BCUT2D eigenvalue weighted by Crippen LogP contribution is 2.23. The number of aliphatic hydroxyl groups excluding tert-OH is 1. The van der Waals surface area contributed by atoms with E-state index in [2.05, 4.69) is 4.90 Å². The van der Waals surface area contributed by atoms with Gasteiger partial charge in [0.05, 0.1) is 0 Å². The molecule has 0 unspecified atom stereocenters. The molecule has 1 heterocycles. The van der Waals surface area contributed by atoms with E-state index in [9.17, 15) is 0 Å². The predicted octanol–water partition coefficient (Wildman–Crippen LogP) is 1.18. The van der Waals surface area contributed by atoms with E-state index in [4.69, 9.17) is 16.2 Å². The Morgan fingerprint density at radius 2 is 1.88 bits per heavy atom. The summed E-state index contributed by atoms with van der Waals surface area (Å²) in [5, 5.41) is 16.4. The van der Waals surface area contributed by atoms with Crippen LogP contribution < -0.4 is 10.6 Å². The minimum absolute atomic E-state index is 0.107. The lowest BCUT2D eigenvalue weighted by molar-refractivity contribution is 0.203. The Morgan fingerprint density at radius 1 is 1.29 bits per heavy atom. The summed E-state index contributed by atoms with van der Waals surface area (Å²) >= 11 is 0. The van der Waals surface area contributed by atoms with Crippen LogP contribution in [0.5, 0.6) is 0 Å². The number of nitrogens with zero attached hydrogens (tertiary/aromatic N) is 1. The van der Waals surface area contributed by atoms with E-state index in [1.54, 1.807) is 0 Å². The molecule has 0 amide bonds. The van der Waals surface area contributed by atoms with Crippen molar-refractivity contribution in [1.82, 2.24) is 0 Å². The first-order valence-corrected chi connectivity index (χ1v) is 6.01. The molecule has 0 saturated carbocycles. The highest BCUT2D eigenvalue weighted by molar-refractivity contribution is 5.95. The Morgan fingerprint density at radius 3 is 2.35 bits per heavy atom. The number of nitrogen functional groups attached to an aromatic ring is 1. The number of benzene rings is 1. The Bertz CT molecular complexity index is 380. The van der Waals surface area contributed by atoms with Crippen molar-refractivity contribution in [1.29, 1.82) is 5.41 Å². The van der Waals surface area contributed by atoms with Crippen LogP contribution in [-0.2, 0) is 0 Å². The van der Waals surface area contributed by atoms with Crippen LogP contribution in [0.4, 0.5) is 5.69 Å². The van der Waals surface area contributed by atoms with Crippen molar-refractivity contribution < 1.29 is 5.11 Å². The van der Waals surface area contributed by atoms with Gasteiger partial charge in [-0.3, -0.25) is 5.41 Å². The minimum Gasteiger partial charge on any atom is -0.396 e. The zero-order chi connectivity index (χ0) is 12.3. The van der Waals surface area contributed by atoms with E-state index in [0.717, 1.165) is 31.5 Å². The van der Waals surface area contributed by atoms with Crippen LogP contribution in [0.25, 0.3) is 0 Å². The van der Waals surface area contributed by atoms with E-state index in [0.29, 0.717) is 12.5 Å². The molecule has 0 aliphatic carbocycles. The van der Waals surface area contributed by atoms with Gasteiger partial charge in [-0.05, 0) is 43.0 Å². The van der Waals surface area contributed by atoms with Gasteiger partial charge in [-0.25, -0.2) is 0 Å². The van der Waals surface area contributed by atoms with Crippen molar-refractivity contribution >= 4 is 11.5 Å². The Kier molecular flexibility index (Phi) is 3.64. The predicted molar refractivity (Wildman–Crippen MR) is 69.5 cm³/mol. The first-order valence-electron chi connectivity index (χ1n) is 6.01. The SMILES string of the molecule is N=C(N)c1ccc(N2CCC(CO)CC2)cc1. The molecule has 2 rings (SSSR count). The molecular formula is C13H19N3O. The van der Waals surface area contributed by atoms with Crippen molar-refractivity contribution in [2.24, 2.45) is 11.7 Å². The highest BCUT2D eigenvalue weighted by atomic mass is 16.3. The number of hydrogen-bond acceptors (Lipinski definition) is 3. The molecule has 0 atom stereocenters. The van der Waals surface area contributed by atoms with Gasteiger partial charge in [0.2, 0.25) is 0 Å². The second-order valence-corrected chi connectivity index (χ2v) is 4.57. The molecule has 0 spiro atoms. The summed E-state index contributed by atoms with van der Waals surface area (Å²) in [5.41, 5.74) is 7.36. The smallest absolute Gasteiger partial charge is 0.122 e. The lowest BCUT2D eigenvalue weighted by Gasteiger charge is -2.32. The van der Waals surface area contributed by atoms with Gasteiger partial charge in [0.1, 0.15) is 5.84 Å². The number of hydrogen-bond donors (Lipinski definition) is 3. The highest BCUT2D eigenvalue weighted by Gasteiger charge is 2.18. The number of nitrogens with one attached hydrogen (secondary N) is 1. The van der Waals surface area contributed by atoms with Gasteiger partial charge in [0.25, 0.3) is 0 Å². The summed E-state index contributed by atoms with van der Waals surface area (Å²) in [7, 11) is 0. The van der Waals surface area contributed by atoms with Crippen LogP contribution >= 0.6 is 0 Å². The summed E-state index contributed by atoms with van der Waals surface area (Å²) in [5.74, 6) is 0.568. The molecule has 0 radical (unpaired) electrons. The monoisotopic (exact) mass is 233 g/mol. The van der Waals surface area contributed by atoms with E-state index >= 15 is 0 Å². The average molecular weight is 233 g/mol. The lowest BCUT2D eigenvalue weighted by atomic mass is 9.97. The maximum absolute atomic E-state index is 9.09. The van der Waals surface area contributed by atoms with Crippen LogP contribution in [0.1, 0.15) is 18.4 Å². The number of nitrogens with two attached hydrogens (primary N) is 1. The van der Waals surface area contributed by atoms with Gasteiger partial charge in [-0.2, -0.15) is 0 Å². The fraction of sp³-hybridized carbons (Fsp3) is 0.462. The van der Waals surface area contributed by atoms with Crippen LogP contribution in [0.15, 0.2) is 24.3 Å². The lowest BCUT2D eigenvalue weighted by Crippen LogP contribution is -2.34. The van der Waals surface area contributed by atoms with E-state index in [-0.39, 0.29) is 5.84 Å². The zero-order valence-corrected chi connectivity index (χ0v) is 9.89. The van der Waals surface area contributed by atoms with Crippen LogP contribution in [0.3, 0.4) is 0 Å². The average Bonchev–Trinajstić information content (AvgIpc) is 2.39. The maximum atomic E-state index is 9.09. The Balaban J connectivity index is 2.01. The molecule has 1 saturated heterocycles. The Labute approximate surface area is 102 Å². The molecule has 0 aromatic heterocycles. The molecule has 1 aliphatic rings. The third-order valence-electron chi connectivity index (χ3n) is 3.42. The molecular weight excluding hydrogens is 214 g/mol. The zero-order valence-electron chi connectivity index (χ0n) is 9.89. The fourth-order valence-corrected chi connectivity index (χ4v) is 2.23. The molecule has 4 N–H and O–H groups in total. The number of rotatable bonds is 3. The second-order valence-electron chi connectivity index (χ2n) is 4.57. The van der Waals surface area contributed by atoms with Gasteiger partial charge in [-0.1, -0.05) is 0 Å². The van der Waals surface area contributed by atoms with E-state index in [1.165, 1.54) is 5.69 Å². The summed E-state index contributed by atoms with van der Waals surface area (Å²) in [6.07, 6.45) is 2.09. The standard InChI is InChI=1S/C13H19N3O/c14-13(15)11-1-3-12(4-2-11)16-7-5-10(9-17)6-8-16/h1-4,10,17H,5-9H2,(H3,14,15). The molecule has 4 heteroatoms. The van der Waals surface area contributed by atoms with E-state index < -0.39 is 0 Å². The van der Waals surface area contributed by atoms with Gasteiger partial charge >= 0.3 is 0 Å². The van der Waals surface area contributed by atoms with Crippen LogP contribution in [-0.4, -0.2) is 30.6 Å². The Hall–Kier alpha value is -1.55. The van der Waals surface area contributed by atoms with Gasteiger partial charge in [0.15, 0.2) is 0 Å². The van der Waals surface area contributed by atoms with Crippen LogP contribution in [0.2, 0.25) is 0 Å². The molecule has 1 fully saturated rings. The first kappa shape index (κ1) is 11.9. The first-order chi connectivity index (χ1) is 8.20. The molecule has 4 nitrogen and oxygen atoms in total. The molecule has 1 aromatic rings. The normalized spacial score (nSPS) is 17.1. The fourth-order valence-electron chi connectivity index (χ4n) is 2.23. The molecule has 17 heavy (non-hydrogen) atoms. The van der Waals surface area contributed by atoms with Gasteiger partial charge < -0.3 is 15.7 Å². The number of aliphatic hydroxyl groups is 1. The molecule has 0 bridgehead atoms. The van der Waals surface area contributed by atoms with E-state index in [1.807, 2.05) is 24.3 Å². The quantitative estimate of drug-likeness (QED) is 0.542. The number of anilines is 1. The molecule has 92 valence electrons. The largest absolute Gasteiger partial charge is 0.396 e. The molecule has 1 aromatic carbocycles. The molecule has 1 aliphatic heterocycles. The van der Waals surface area contributed by atoms with Crippen molar-refractivity contribution in [3.8, 4) is 0 Å². The minimum atomic E-state index is 0.107. The second kappa shape index (κ2) is 5.19. The summed E-state index contributed by atoms with van der Waals surface area (Å²) < 4.78 is 0. The summed E-state index contributed by atoms with van der Waals surface area (Å²) in [6, 6.07) is 7.79. The summed E-state index contributed by atoms with van der Waals surface area (Å²) in [4.78, 5) is 2.32. The van der Waals surface area contributed by atoms with Gasteiger partial charge in [-0.15, -0.1) is 0 Å². The van der Waals surface area contributed by atoms with Crippen molar-refractivity contribution in [2.45, 2.75) is 12.8 Å². The third kappa shape index (κ3) is 2.77. The van der Waals surface area contributed by atoms with Crippen molar-refractivity contribution in [2.75, 3.05) is 24.6 Å².